The second-order valence-electron chi connectivity index (χ2n) is 6.92. The topological polar surface area (TPSA) is 47.6 Å². The van der Waals surface area contributed by atoms with Crippen LogP contribution in [-0.4, -0.2) is 12.5 Å². The molecule has 0 saturated heterocycles. The quantitative estimate of drug-likeness (QED) is 0.572. The Morgan fingerprint density at radius 3 is 2.50 bits per heavy atom. The van der Waals surface area contributed by atoms with E-state index in [0.717, 1.165) is 39.8 Å². The van der Waals surface area contributed by atoms with Crippen molar-refractivity contribution in [3.63, 3.8) is 0 Å². The van der Waals surface area contributed by atoms with Gasteiger partial charge in [0.05, 0.1) is 12.4 Å². The molecule has 0 atom stereocenters. The van der Waals surface area contributed by atoms with E-state index < -0.39 is 0 Å². The number of allylic oxidation sites excluding steroid dienone is 3. The highest BCUT2D eigenvalue weighted by atomic mass is 79.9. The van der Waals surface area contributed by atoms with E-state index in [2.05, 4.69) is 52.6 Å². The number of hydrogen-bond donors (Lipinski definition) is 1. The molecule has 0 aromatic heterocycles. The molecule has 2 aromatic rings. The normalized spacial score (nSPS) is 13.5. The minimum atomic E-state index is -0.246. The Kier molecular flexibility index (Phi) is 7.06. The van der Waals surface area contributed by atoms with Crippen LogP contribution in [0.25, 0.3) is 0 Å². The lowest BCUT2D eigenvalue weighted by Crippen LogP contribution is -2.25. The summed E-state index contributed by atoms with van der Waals surface area (Å²) in [5.74, 6) is 0.725. The van der Waals surface area contributed by atoms with Crippen LogP contribution in [0.1, 0.15) is 39.9 Å². The molecule has 1 aliphatic carbocycles. The summed E-state index contributed by atoms with van der Waals surface area (Å²) in [6.07, 6.45) is 5.67. The molecule has 1 N–H and O–H groups in total. The van der Waals surface area contributed by atoms with Gasteiger partial charge in [-0.25, -0.2) is 5.48 Å². The molecule has 1 aliphatic rings. The molecule has 0 saturated carbocycles. The second-order valence-corrected chi connectivity index (χ2v) is 7.77. The summed E-state index contributed by atoms with van der Waals surface area (Å²) in [6, 6.07) is 13.8. The Bertz CT molecular complexity index is 901. The number of nitrogens with one attached hydrogen (secondary N) is 1. The maximum atomic E-state index is 12.1. The average Bonchev–Trinajstić information content (AvgIpc) is 2.70. The molecular weight excluding hydrogens is 418 g/mol. The molecule has 0 bridgehead atoms. The average molecular weight is 442 g/mol. The van der Waals surface area contributed by atoms with E-state index in [0.29, 0.717) is 18.8 Å². The highest BCUT2D eigenvalue weighted by molar-refractivity contribution is 9.10. The fraction of sp³-hybridized carbons (Fsp3) is 0.261. The van der Waals surface area contributed by atoms with Gasteiger partial charge in [-0.3, -0.25) is 9.63 Å². The number of rotatable bonds is 7. The number of hydroxylamine groups is 1. The first kappa shape index (κ1) is 20.4. The van der Waals surface area contributed by atoms with Crippen LogP contribution in [0, 0.1) is 13.8 Å². The van der Waals surface area contributed by atoms with Gasteiger partial charge in [-0.15, -0.1) is 0 Å². The van der Waals surface area contributed by atoms with E-state index in [1.54, 1.807) is 6.07 Å². The van der Waals surface area contributed by atoms with Gasteiger partial charge in [-0.05, 0) is 61.2 Å². The number of carbonyl (C=O) groups excluding carboxylic acids is 1. The monoisotopic (exact) mass is 441 g/mol. The van der Waals surface area contributed by atoms with Crippen molar-refractivity contribution >= 4 is 21.8 Å². The van der Waals surface area contributed by atoms with E-state index in [4.69, 9.17) is 9.57 Å². The fourth-order valence-corrected chi connectivity index (χ4v) is 3.05. The van der Waals surface area contributed by atoms with Gasteiger partial charge in [0.15, 0.2) is 0 Å². The van der Waals surface area contributed by atoms with Crippen LogP contribution in [0.2, 0.25) is 0 Å². The Labute approximate surface area is 174 Å². The molecule has 0 aliphatic heterocycles. The smallest absolute Gasteiger partial charge is 0.274 e. The van der Waals surface area contributed by atoms with Crippen LogP contribution in [-0.2, 0) is 16.2 Å². The third-order valence-electron chi connectivity index (χ3n) is 4.58. The minimum absolute atomic E-state index is 0.246. The molecule has 3 rings (SSSR count). The molecule has 0 spiro atoms. The first-order valence-corrected chi connectivity index (χ1v) is 10.1. The summed E-state index contributed by atoms with van der Waals surface area (Å²) in [5, 5.41) is 0. The predicted molar refractivity (Wildman–Crippen MR) is 114 cm³/mol. The number of ether oxygens (including phenoxy) is 1. The summed E-state index contributed by atoms with van der Waals surface area (Å²) in [5.41, 5.74) is 7.62. The van der Waals surface area contributed by atoms with Crippen LogP contribution in [0.4, 0.5) is 0 Å². The molecular formula is C23H24BrNO3. The lowest BCUT2D eigenvalue weighted by molar-refractivity contribution is 0.0391. The van der Waals surface area contributed by atoms with E-state index >= 15 is 0 Å². The Hall–Kier alpha value is -2.37. The summed E-state index contributed by atoms with van der Waals surface area (Å²) < 4.78 is 6.86. The molecule has 146 valence electrons. The van der Waals surface area contributed by atoms with Crippen LogP contribution in [0.3, 0.4) is 0 Å². The molecule has 5 heteroatoms. The highest BCUT2D eigenvalue weighted by Gasteiger charge is 2.10. The fourth-order valence-electron chi connectivity index (χ4n) is 2.80. The molecule has 28 heavy (non-hydrogen) atoms. The zero-order chi connectivity index (χ0) is 19.9. The van der Waals surface area contributed by atoms with Crippen molar-refractivity contribution in [3.05, 3.63) is 92.7 Å². The molecule has 4 nitrogen and oxygen atoms in total. The molecule has 0 unspecified atom stereocenters. The largest absolute Gasteiger partial charge is 0.493 e. The lowest BCUT2D eigenvalue weighted by Gasteiger charge is -2.16. The third kappa shape index (κ3) is 5.81. The van der Waals surface area contributed by atoms with Gasteiger partial charge >= 0.3 is 0 Å². The van der Waals surface area contributed by atoms with Crippen molar-refractivity contribution in [1.29, 1.82) is 0 Å². The van der Waals surface area contributed by atoms with E-state index in [9.17, 15) is 4.79 Å². The van der Waals surface area contributed by atoms with Crippen LogP contribution < -0.4 is 5.48 Å². The van der Waals surface area contributed by atoms with Crippen LogP contribution in [0.15, 0.2) is 70.4 Å². The summed E-state index contributed by atoms with van der Waals surface area (Å²) in [6.45, 7) is 4.96. The van der Waals surface area contributed by atoms with Gasteiger partial charge in [0, 0.05) is 16.5 Å². The van der Waals surface area contributed by atoms with E-state index in [1.165, 1.54) is 5.56 Å². The number of amides is 1. The van der Waals surface area contributed by atoms with Gasteiger partial charge in [-0.1, -0.05) is 51.8 Å². The number of halogens is 1. The van der Waals surface area contributed by atoms with E-state index in [-0.39, 0.29) is 5.91 Å². The van der Waals surface area contributed by atoms with Crippen molar-refractivity contribution in [2.24, 2.45) is 0 Å². The zero-order valence-corrected chi connectivity index (χ0v) is 17.7. The van der Waals surface area contributed by atoms with Crippen molar-refractivity contribution in [3.8, 4) is 0 Å². The van der Waals surface area contributed by atoms with Gasteiger partial charge in [0.2, 0.25) is 0 Å². The van der Waals surface area contributed by atoms with Gasteiger partial charge in [0.1, 0.15) is 6.61 Å². The Balaban J connectivity index is 1.43. The van der Waals surface area contributed by atoms with Gasteiger partial charge < -0.3 is 4.74 Å². The van der Waals surface area contributed by atoms with Crippen LogP contribution in [0.5, 0.6) is 0 Å². The first-order valence-electron chi connectivity index (χ1n) is 9.26. The van der Waals surface area contributed by atoms with Crippen molar-refractivity contribution < 1.29 is 14.4 Å². The lowest BCUT2D eigenvalue weighted by atomic mass is 10.0. The maximum absolute atomic E-state index is 12.1. The van der Waals surface area contributed by atoms with E-state index in [1.807, 2.05) is 31.2 Å². The number of aryl methyl sites for hydroxylation is 2. The Morgan fingerprint density at radius 2 is 1.82 bits per heavy atom. The van der Waals surface area contributed by atoms with Crippen molar-refractivity contribution in [2.45, 2.75) is 33.3 Å². The summed E-state index contributed by atoms with van der Waals surface area (Å²) in [7, 11) is 0. The third-order valence-corrected chi connectivity index (χ3v) is 5.47. The van der Waals surface area contributed by atoms with Crippen molar-refractivity contribution in [2.75, 3.05) is 6.61 Å². The number of hydrogen-bond acceptors (Lipinski definition) is 3. The SMILES string of the molecule is Cc1ccc(COC2=CC=C(CONC(=O)c3ccc(Br)c(C)c3)CC2)cc1. The second kappa shape index (κ2) is 9.71. The van der Waals surface area contributed by atoms with Gasteiger partial charge in [0.25, 0.3) is 5.91 Å². The molecule has 0 fully saturated rings. The maximum Gasteiger partial charge on any atom is 0.274 e. The van der Waals surface area contributed by atoms with Crippen LogP contribution >= 0.6 is 15.9 Å². The number of carbonyl (C=O) groups is 1. The molecule has 0 radical (unpaired) electrons. The Morgan fingerprint density at radius 1 is 1.04 bits per heavy atom. The zero-order valence-electron chi connectivity index (χ0n) is 16.1. The molecule has 1 amide bonds. The summed E-state index contributed by atoms with van der Waals surface area (Å²) in [4.78, 5) is 17.5. The van der Waals surface area contributed by atoms with Gasteiger partial charge in [-0.2, -0.15) is 0 Å². The van der Waals surface area contributed by atoms with Crippen molar-refractivity contribution in [1.82, 2.24) is 5.48 Å². The summed E-state index contributed by atoms with van der Waals surface area (Å²) >= 11 is 3.43. The first-order chi connectivity index (χ1) is 13.5. The number of benzene rings is 2. The highest BCUT2D eigenvalue weighted by Crippen LogP contribution is 2.21. The predicted octanol–water partition coefficient (Wildman–Crippen LogP) is 5.55. The minimum Gasteiger partial charge on any atom is -0.493 e. The molecule has 2 aromatic carbocycles. The standard InChI is InChI=1S/C23H24BrNO3/c1-16-3-5-18(6-4-16)14-27-21-10-7-19(8-11-21)15-28-25-23(26)20-9-12-22(24)17(2)13-20/h3-7,9-10,12-13H,8,11,14-15H2,1-2H3,(H,25,26). The molecule has 0 heterocycles.